The van der Waals surface area contributed by atoms with Crippen LogP contribution in [-0.2, 0) is 13.5 Å². The molecule has 4 nitrogen and oxygen atoms in total. The number of rotatable bonds is 3. The summed E-state index contributed by atoms with van der Waals surface area (Å²) in [5, 5.41) is 11.3. The van der Waals surface area contributed by atoms with E-state index >= 15 is 0 Å². The van der Waals surface area contributed by atoms with Gasteiger partial charge in [0.25, 0.3) is 0 Å². The van der Waals surface area contributed by atoms with Crippen LogP contribution in [0.1, 0.15) is 16.1 Å². The van der Waals surface area contributed by atoms with Gasteiger partial charge >= 0.3 is 0 Å². The fourth-order valence-electron chi connectivity index (χ4n) is 1.21. The van der Waals surface area contributed by atoms with Gasteiger partial charge in [0.2, 0.25) is 0 Å². The third-order valence-corrected chi connectivity index (χ3v) is 2.68. The highest BCUT2D eigenvalue weighted by molar-refractivity contribution is 7.08. The number of hydrogen-bond donors (Lipinski definition) is 0. The first kappa shape index (κ1) is 9.08. The Morgan fingerprint density at radius 2 is 2.50 bits per heavy atom. The molecule has 0 unspecified atom stereocenters. The lowest BCUT2D eigenvalue weighted by Gasteiger charge is -1.97. The van der Waals surface area contributed by atoms with Crippen molar-refractivity contribution in [1.29, 1.82) is 0 Å². The predicted molar refractivity (Wildman–Crippen MR) is 53.4 cm³/mol. The summed E-state index contributed by atoms with van der Waals surface area (Å²) in [7, 11) is 1.72. The third-order valence-electron chi connectivity index (χ3n) is 1.94. The van der Waals surface area contributed by atoms with E-state index in [4.69, 9.17) is 0 Å². The molecular formula is C9H9N3OS. The molecule has 0 aliphatic carbocycles. The van der Waals surface area contributed by atoms with Crippen molar-refractivity contribution in [3.8, 4) is 0 Å². The van der Waals surface area contributed by atoms with Crippen molar-refractivity contribution in [3.05, 3.63) is 34.3 Å². The number of Topliss-reactive ketones (excluding diaryl/α,β-unsaturated/α-hetero) is 1. The SMILES string of the molecule is Cn1nncc1C(=O)Cc1ccsc1. The molecule has 0 spiro atoms. The summed E-state index contributed by atoms with van der Waals surface area (Å²) < 4.78 is 1.49. The lowest BCUT2D eigenvalue weighted by molar-refractivity contribution is 0.0984. The average molecular weight is 207 g/mol. The zero-order valence-corrected chi connectivity index (χ0v) is 8.49. The van der Waals surface area contributed by atoms with Crippen molar-refractivity contribution in [3.63, 3.8) is 0 Å². The second-order valence-electron chi connectivity index (χ2n) is 2.97. The molecule has 0 amide bonds. The molecular weight excluding hydrogens is 198 g/mol. The van der Waals surface area contributed by atoms with E-state index in [2.05, 4.69) is 10.3 Å². The molecule has 2 heterocycles. The van der Waals surface area contributed by atoms with Crippen LogP contribution in [0.2, 0.25) is 0 Å². The maximum atomic E-state index is 11.7. The van der Waals surface area contributed by atoms with Crippen molar-refractivity contribution in [2.45, 2.75) is 6.42 Å². The first-order valence-electron chi connectivity index (χ1n) is 4.16. The Balaban J connectivity index is 2.14. The highest BCUT2D eigenvalue weighted by atomic mass is 32.1. The molecule has 0 aliphatic rings. The molecule has 2 rings (SSSR count). The number of thiophene rings is 1. The molecule has 2 aromatic heterocycles. The number of nitrogens with zero attached hydrogens (tertiary/aromatic N) is 3. The van der Waals surface area contributed by atoms with Crippen molar-refractivity contribution in [1.82, 2.24) is 15.0 Å². The molecule has 0 aliphatic heterocycles. The van der Waals surface area contributed by atoms with Gasteiger partial charge < -0.3 is 0 Å². The number of ketones is 1. The van der Waals surface area contributed by atoms with Crippen LogP contribution in [0.5, 0.6) is 0 Å². The highest BCUT2D eigenvalue weighted by Gasteiger charge is 2.11. The van der Waals surface area contributed by atoms with Crippen LogP contribution in [0.15, 0.2) is 23.0 Å². The number of aromatic nitrogens is 3. The van der Waals surface area contributed by atoms with E-state index in [0.29, 0.717) is 12.1 Å². The molecule has 0 radical (unpaired) electrons. The van der Waals surface area contributed by atoms with Crippen LogP contribution in [0.25, 0.3) is 0 Å². The minimum Gasteiger partial charge on any atom is -0.292 e. The minimum atomic E-state index is 0.0518. The standard InChI is InChI=1S/C9H9N3OS/c1-12-8(5-10-11-12)9(13)4-7-2-3-14-6-7/h2-3,5-6H,4H2,1H3. The number of carbonyl (C=O) groups excluding carboxylic acids is 1. The van der Waals surface area contributed by atoms with Crippen LogP contribution in [0.3, 0.4) is 0 Å². The van der Waals surface area contributed by atoms with Gasteiger partial charge in [-0.15, -0.1) is 5.10 Å². The largest absolute Gasteiger partial charge is 0.292 e. The summed E-state index contributed by atoms with van der Waals surface area (Å²) in [4.78, 5) is 11.7. The number of hydrogen-bond acceptors (Lipinski definition) is 4. The first-order chi connectivity index (χ1) is 6.77. The van der Waals surface area contributed by atoms with Crippen molar-refractivity contribution >= 4 is 17.1 Å². The molecule has 0 aromatic carbocycles. The molecule has 5 heteroatoms. The topological polar surface area (TPSA) is 47.8 Å². The summed E-state index contributed by atoms with van der Waals surface area (Å²) in [5.74, 6) is 0.0518. The lowest BCUT2D eigenvalue weighted by atomic mass is 10.1. The van der Waals surface area contributed by atoms with Gasteiger partial charge in [0.1, 0.15) is 5.69 Å². The van der Waals surface area contributed by atoms with Crippen LogP contribution in [0, 0.1) is 0 Å². The monoisotopic (exact) mass is 207 g/mol. The van der Waals surface area contributed by atoms with E-state index in [1.165, 1.54) is 10.9 Å². The quantitative estimate of drug-likeness (QED) is 0.713. The van der Waals surface area contributed by atoms with Gasteiger partial charge in [0.05, 0.1) is 6.20 Å². The third kappa shape index (κ3) is 1.72. The van der Waals surface area contributed by atoms with E-state index in [-0.39, 0.29) is 5.78 Å². The van der Waals surface area contributed by atoms with Crippen LogP contribution >= 0.6 is 11.3 Å². The van der Waals surface area contributed by atoms with Crippen LogP contribution in [0.4, 0.5) is 0 Å². The summed E-state index contributed by atoms with van der Waals surface area (Å²) >= 11 is 1.59. The first-order valence-corrected chi connectivity index (χ1v) is 5.10. The molecule has 0 saturated heterocycles. The fourth-order valence-corrected chi connectivity index (χ4v) is 1.88. The average Bonchev–Trinajstić information content (AvgIpc) is 2.75. The van der Waals surface area contributed by atoms with E-state index in [1.807, 2.05) is 16.8 Å². The van der Waals surface area contributed by atoms with Gasteiger partial charge in [0, 0.05) is 13.5 Å². The zero-order chi connectivity index (χ0) is 9.97. The number of aryl methyl sites for hydroxylation is 1. The number of carbonyl (C=O) groups is 1. The zero-order valence-electron chi connectivity index (χ0n) is 7.67. The predicted octanol–water partition coefficient (Wildman–Crippen LogP) is 1.30. The highest BCUT2D eigenvalue weighted by Crippen LogP contribution is 2.09. The summed E-state index contributed by atoms with van der Waals surface area (Å²) in [5.41, 5.74) is 1.59. The van der Waals surface area contributed by atoms with Crippen molar-refractivity contribution in [2.75, 3.05) is 0 Å². The Labute approximate surface area is 85.2 Å². The molecule has 0 atom stereocenters. The van der Waals surface area contributed by atoms with E-state index in [0.717, 1.165) is 5.56 Å². The van der Waals surface area contributed by atoms with Gasteiger partial charge in [-0.2, -0.15) is 11.3 Å². The molecule has 0 N–H and O–H groups in total. The second kappa shape index (κ2) is 3.71. The van der Waals surface area contributed by atoms with Gasteiger partial charge in [0.15, 0.2) is 5.78 Å². The molecule has 72 valence electrons. The Morgan fingerprint density at radius 3 is 3.07 bits per heavy atom. The maximum Gasteiger partial charge on any atom is 0.186 e. The van der Waals surface area contributed by atoms with Gasteiger partial charge in [-0.3, -0.25) is 4.79 Å². The summed E-state index contributed by atoms with van der Waals surface area (Å²) in [6.45, 7) is 0. The summed E-state index contributed by atoms with van der Waals surface area (Å²) in [6.07, 6.45) is 1.92. The normalized spacial score (nSPS) is 10.4. The molecule has 0 fully saturated rings. The molecule has 2 aromatic rings. The maximum absolute atomic E-state index is 11.7. The van der Waals surface area contributed by atoms with Gasteiger partial charge in [-0.1, -0.05) is 5.21 Å². The molecule has 0 saturated carbocycles. The lowest BCUT2D eigenvalue weighted by Crippen LogP contribution is -2.09. The Kier molecular flexibility index (Phi) is 2.41. The van der Waals surface area contributed by atoms with E-state index in [1.54, 1.807) is 18.4 Å². The van der Waals surface area contributed by atoms with Crippen molar-refractivity contribution < 1.29 is 4.79 Å². The second-order valence-corrected chi connectivity index (χ2v) is 3.75. The van der Waals surface area contributed by atoms with E-state index < -0.39 is 0 Å². The van der Waals surface area contributed by atoms with Gasteiger partial charge in [-0.05, 0) is 22.4 Å². The molecule has 14 heavy (non-hydrogen) atoms. The smallest absolute Gasteiger partial charge is 0.186 e. The van der Waals surface area contributed by atoms with Crippen LogP contribution < -0.4 is 0 Å². The molecule has 0 bridgehead atoms. The Bertz CT molecular complexity index is 433. The fraction of sp³-hybridized carbons (Fsp3) is 0.222. The Hall–Kier alpha value is -1.49. The minimum absolute atomic E-state index is 0.0518. The van der Waals surface area contributed by atoms with Crippen molar-refractivity contribution in [2.24, 2.45) is 7.05 Å². The van der Waals surface area contributed by atoms with E-state index in [9.17, 15) is 4.79 Å². The van der Waals surface area contributed by atoms with Gasteiger partial charge in [-0.25, -0.2) is 4.68 Å². The Morgan fingerprint density at radius 1 is 1.64 bits per heavy atom. The summed E-state index contributed by atoms with van der Waals surface area (Å²) in [6, 6.07) is 1.95. The van der Waals surface area contributed by atoms with Crippen LogP contribution in [-0.4, -0.2) is 20.8 Å².